The second kappa shape index (κ2) is 15.8. The standard InChI is InChI=1S/C32H48O2/c1-5-9-13-17-25-21-29(22-26(31(25)33)18-14-10-6-2)30-23-27(19-15-11-7-3)32(34)28(24-30)20-16-12-8-4/h21-24H,5-20H2,1-4H3. The number of carbonyl (C=O) groups excluding carboxylic acids is 2. The summed E-state index contributed by atoms with van der Waals surface area (Å²) in [5.74, 6) is 0.505. The fourth-order valence-electron chi connectivity index (χ4n) is 4.85. The normalized spacial score (nSPS) is 16.5. The Morgan fingerprint density at radius 2 is 0.647 bits per heavy atom. The minimum atomic E-state index is 0.253. The van der Waals surface area contributed by atoms with Gasteiger partial charge < -0.3 is 0 Å². The maximum atomic E-state index is 13.2. The van der Waals surface area contributed by atoms with Crippen LogP contribution in [-0.4, -0.2) is 11.6 Å². The van der Waals surface area contributed by atoms with Crippen molar-refractivity contribution < 1.29 is 9.59 Å². The van der Waals surface area contributed by atoms with Crippen LogP contribution >= 0.6 is 0 Å². The van der Waals surface area contributed by atoms with Gasteiger partial charge in [-0.05, 0) is 86.8 Å². The van der Waals surface area contributed by atoms with Gasteiger partial charge in [0.05, 0.1) is 0 Å². The Morgan fingerprint density at radius 1 is 0.412 bits per heavy atom. The van der Waals surface area contributed by atoms with Gasteiger partial charge in [-0.1, -0.05) is 79.1 Å². The Balaban J connectivity index is 2.46. The van der Waals surface area contributed by atoms with Crippen molar-refractivity contribution >= 4 is 11.6 Å². The average molecular weight is 465 g/mol. The summed E-state index contributed by atoms with van der Waals surface area (Å²) in [6.07, 6.45) is 25.4. The first-order valence-electron chi connectivity index (χ1n) is 14.2. The summed E-state index contributed by atoms with van der Waals surface area (Å²) in [5, 5.41) is 0. The van der Waals surface area contributed by atoms with Gasteiger partial charge in [0.1, 0.15) is 0 Å². The maximum absolute atomic E-state index is 13.2. The van der Waals surface area contributed by atoms with Crippen LogP contribution in [0.5, 0.6) is 0 Å². The molecule has 2 aliphatic rings. The molecule has 0 N–H and O–H groups in total. The fraction of sp³-hybridized carbons (Fsp3) is 0.625. The molecule has 0 heterocycles. The third-order valence-electron chi connectivity index (χ3n) is 7.02. The van der Waals surface area contributed by atoms with Crippen LogP contribution in [0.1, 0.15) is 130 Å². The predicted molar refractivity (Wildman–Crippen MR) is 146 cm³/mol. The molecule has 2 aliphatic carbocycles. The highest BCUT2D eigenvalue weighted by Gasteiger charge is 2.24. The molecule has 188 valence electrons. The molecule has 0 fully saturated rings. The molecule has 0 amide bonds. The van der Waals surface area contributed by atoms with E-state index >= 15 is 0 Å². The van der Waals surface area contributed by atoms with Gasteiger partial charge >= 0.3 is 0 Å². The Morgan fingerprint density at radius 3 is 0.853 bits per heavy atom. The third kappa shape index (κ3) is 8.67. The molecule has 0 aromatic rings. The molecular weight excluding hydrogens is 416 g/mol. The van der Waals surface area contributed by atoms with E-state index in [1.807, 2.05) is 0 Å². The lowest BCUT2D eigenvalue weighted by Gasteiger charge is -2.21. The van der Waals surface area contributed by atoms with Crippen LogP contribution in [0.15, 0.2) is 57.7 Å². The van der Waals surface area contributed by atoms with Crippen molar-refractivity contribution in [2.24, 2.45) is 0 Å². The van der Waals surface area contributed by atoms with Gasteiger partial charge in [0.25, 0.3) is 0 Å². The van der Waals surface area contributed by atoms with Crippen LogP contribution in [-0.2, 0) is 9.59 Å². The van der Waals surface area contributed by atoms with Crippen LogP contribution in [0.3, 0.4) is 0 Å². The van der Waals surface area contributed by atoms with Crippen LogP contribution in [0.2, 0.25) is 0 Å². The Labute approximate surface area is 209 Å². The molecule has 0 unspecified atom stereocenters. The lowest BCUT2D eigenvalue weighted by atomic mass is 9.82. The Bertz CT molecular complexity index is 710. The number of allylic oxidation sites excluding steroid dienone is 10. The molecule has 2 rings (SSSR count). The minimum absolute atomic E-state index is 0.253. The lowest BCUT2D eigenvalue weighted by Crippen LogP contribution is -2.14. The van der Waals surface area contributed by atoms with Gasteiger partial charge in [-0.3, -0.25) is 9.59 Å². The molecule has 0 aromatic heterocycles. The number of rotatable bonds is 16. The van der Waals surface area contributed by atoms with E-state index in [-0.39, 0.29) is 11.6 Å². The topological polar surface area (TPSA) is 34.1 Å². The average Bonchev–Trinajstić information content (AvgIpc) is 2.83. The number of carbonyl (C=O) groups is 2. The van der Waals surface area contributed by atoms with Crippen molar-refractivity contribution in [3.63, 3.8) is 0 Å². The molecule has 2 nitrogen and oxygen atoms in total. The summed E-state index contributed by atoms with van der Waals surface area (Å²) in [5.41, 5.74) is 6.11. The number of ketones is 2. The lowest BCUT2D eigenvalue weighted by molar-refractivity contribution is -0.113. The Kier molecular flexibility index (Phi) is 13.2. The fourth-order valence-corrected chi connectivity index (χ4v) is 4.85. The van der Waals surface area contributed by atoms with E-state index in [4.69, 9.17) is 0 Å². The van der Waals surface area contributed by atoms with Gasteiger partial charge in [0, 0.05) is 22.3 Å². The van der Waals surface area contributed by atoms with Crippen LogP contribution < -0.4 is 0 Å². The van der Waals surface area contributed by atoms with E-state index < -0.39 is 0 Å². The molecule has 0 bridgehead atoms. The van der Waals surface area contributed by atoms with Gasteiger partial charge in [0.2, 0.25) is 0 Å². The summed E-state index contributed by atoms with van der Waals surface area (Å²) in [7, 11) is 0. The number of unbranched alkanes of at least 4 members (excludes halogenated alkanes) is 8. The number of Topliss-reactive ketones (excluding diaryl/α,β-unsaturated/α-hetero) is 2. The molecule has 0 radical (unpaired) electrons. The van der Waals surface area contributed by atoms with Crippen molar-refractivity contribution in [1.82, 2.24) is 0 Å². The second-order valence-corrected chi connectivity index (χ2v) is 10.1. The molecular formula is C32H48O2. The van der Waals surface area contributed by atoms with E-state index in [1.54, 1.807) is 0 Å². The zero-order valence-corrected chi connectivity index (χ0v) is 22.4. The molecule has 34 heavy (non-hydrogen) atoms. The highest BCUT2D eigenvalue weighted by atomic mass is 16.1. The minimum Gasteiger partial charge on any atom is -0.289 e. The Hall–Kier alpha value is -1.96. The summed E-state index contributed by atoms with van der Waals surface area (Å²) in [6.45, 7) is 8.81. The monoisotopic (exact) mass is 464 g/mol. The van der Waals surface area contributed by atoms with Crippen LogP contribution in [0.4, 0.5) is 0 Å². The number of hydrogen-bond donors (Lipinski definition) is 0. The van der Waals surface area contributed by atoms with Crippen molar-refractivity contribution in [2.45, 2.75) is 130 Å². The quantitative estimate of drug-likeness (QED) is 0.213. The molecule has 0 aliphatic heterocycles. The first kappa shape index (κ1) is 28.3. The van der Waals surface area contributed by atoms with Crippen molar-refractivity contribution in [2.75, 3.05) is 0 Å². The van der Waals surface area contributed by atoms with Crippen molar-refractivity contribution in [1.29, 1.82) is 0 Å². The van der Waals surface area contributed by atoms with E-state index in [2.05, 4.69) is 52.0 Å². The first-order valence-corrected chi connectivity index (χ1v) is 14.2. The summed E-state index contributed by atoms with van der Waals surface area (Å²) in [6, 6.07) is 0. The maximum Gasteiger partial charge on any atom is 0.185 e. The third-order valence-corrected chi connectivity index (χ3v) is 7.02. The van der Waals surface area contributed by atoms with E-state index in [0.717, 1.165) is 136 Å². The molecule has 2 heteroatoms. The molecule has 0 saturated heterocycles. The van der Waals surface area contributed by atoms with E-state index in [0.29, 0.717) is 0 Å². The molecule has 0 saturated carbocycles. The van der Waals surface area contributed by atoms with Crippen LogP contribution in [0, 0.1) is 0 Å². The van der Waals surface area contributed by atoms with Crippen molar-refractivity contribution in [3.05, 3.63) is 57.7 Å². The van der Waals surface area contributed by atoms with Gasteiger partial charge in [-0.25, -0.2) is 0 Å². The summed E-state index contributed by atoms with van der Waals surface area (Å²) in [4.78, 5) is 26.5. The van der Waals surface area contributed by atoms with E-state index in [9.17, 15) is 9.59 Å². The second-order valence-electron chi connectivity index (χ2n) is 10.1. The molecule has 0 aromatic carbocycles. The molecule has 0 spiro atoms. The first-order chi connectivity index (χ1) is 16.5. The summed E-state index contributed by atoms with van der Waals surface area (Å²) < 4.78 is 0. The smallest absolute Gasteiger partial charge is 0.185 e. The van der Waals surface area contributed by atoms with E-state index in [1.165, 1.54) is 0 Å². The SMILES string of the molecule is CCCCCC1=CC(=C2C=C(CCCCC)C(=O)C(CCCCC)=C2)C=C(CCCCC)C1=O. The van der Waals surface area contributed by atoms with Gasteiger partial charge in [0.15, 0.2) is 11.6 Å². The van der Waals surface area contributed by atoms with Crippen LogP contribution in [0.25, 0.3) is 0 Å². The zero-order chi connectivity index (χ0) is 24.8. The highest BCUT2D eigenvalue weighted by Crippen LogP contribution is 2.33. The van der Waals surface area contributed by atoms with Gasteiger partial charge in [-0.2, -0.15) is 0 Å². The molecule has 0 atom stereocenters. The predicted octanol–water partition coefficient (Wildman–Crippen LogP) is 9.48. The highest BCUT2D eigenvalue weighted by molar-refractivity contribution is 6.12. The van der Waals surface area contributed by atoms with Gasteiger partial charge in [-0.15, -0.1) is 0 Å². The largest absolute Gasteiger partial charge is 0.289 e. The van der Waals surface area contributed by atoms with Crippen molar-refractivity contribution in [3.8, 4) is 0 Å². The summed E-state index contributed by atoms with van der Waals surface area (Å²) >= 11 is 0. The zero-order valence-electron chi connectivity index (χ0n) is 22.4. The number of hydrogen-bond acceptors (Lipinski definition) is 2.